The fourth-order valence-corrected chi connectivity index (χ4v) is 7.87. The minimum atomic E-state index is -0.456. The van der Waals surface area contributed by atoms with Crippen molar-refractivity contribution in [3.05, 3.63) is 76.5 Å². The number of carbonyl (C=O) groups excluding carboxylic acids is 1. The molecule has 0 bridgehead atoms. The number of methoxy groups -OCH3 is 2. The molecule has 0 spiro atoms. The fraction of sp³-hybridized carbons (Fsp3) is 0.556. The molecule has 0 radical (unpaired) electrons. The molecule has 52 heavy (non-hydrogen) atoms. The number of benzene rings is 2. The maximum absolute atomic E-state index is 13.9. The number of fused-ring (bicyclic) bond motifs is 2. The molecule has 1 N–H and O–H groups in total. The van der Waals surface area contributed by atoms with Gasteiger partial charge >= 0.3 is 5.89 Å². The number of aliphatic hydroxyl groups is 1. The van der Waals surface area contributed by atoms with Gasteiger partial charge in [0.05, 0.1) is 37.1 Å². The first kappa shape index (κ1) is 39.2. The van der Waals surface area contributed by atoms with Crippen LogP contribution in [0.15, 0.2) is 69.5 Å². The van der Waals surface area contributed by atoms with E-state index < -0.39 is 5.41 Å². The van der Waals surface area contributed by atoms with Gasteiger partial charge in [0.1, 0.15) is 17.3 Å². The lowest BCUT2D eigenvalue weighted by Gasteiger charge is -2.29. The van der Waals surface area contributed by atoms with Gasteiger partial charge in [-0.2, -0.15) is 4.57 Å². The van der Waals surface area contributed by atoms with Crippen LogP contribution in [0.4, 0.5) is 5.69 Å². The summed E-state index contributed by atoms with van der Waals surface area (Å²) in [6.45, 7) is 10.4. The molecule has 0 saturated carbocycles. The van der Waals surface area contributed by atoms with Gasteiger partial charge in [0.15, 0.2) is 6.54 Å². The van der Waals surface area contributed by atoms with Crippen molar-refractivity contribution in [3.63, 3.8) is 0 Å². The average Bonchev–Trinajstić information content (AvgIpc) is 3.61. The van der Waals surface area contributed by atoms with Crippen molar-refractivity contribution in [3.8, 4) is 11.5 Å². The third-order valence-electron chi connectivity index (χ3n) is 11.0. The summed E-state index contributed by atoms with van der Waals surface area (Å²) in [5.41, 5.74) is 5.01. The molecular formula is C45H63N2O5+. The highest BCUT2D eigenvalue weighted by Crippen LogP contribution is 2.54. The molecule has 2 aromatic carbocycles. The molecule has 0 amide bonds. The van der Waals surface area contributed by atoms with E-state index in [9.17, 15) is 9.90 Å². The van der Waals surface area contributed by atoms with E-state index in [1.54, 1.807) is 20.3 Å². The second-order valence-electron chi connectivity index (χ2n) is 15.2. The van der Waals surface area contributed by atoms with E-state index in [1.807, 2.05) is 30.3 Å². The number of allylic oxidation sites excluding steroid dienone is 4. The number of oxazole rings is 1. The van der Waals surface area contributed by atoms with Crippen molar-refractivity contribution in [1.82, 2.24) is 0 Å². The fourth-order valence-electron chi connectivity index (χ4n) is 7.87. The van der Waals surface area contributed by atoms with Crippen molar-refractivity contribution in [1.29, 1.82) is 0 Å². The van der Waals surface area contributed by atoms with Crippen LogP contribution in [-0.4, -0.2) is 31.7 Å². The van der Waals surface area contributed by atoms with Crippen molar-refractivity contribution < 1.29 is 28.4 Å². The highest BCUT2D eigenvalue weighted by Gasteiger charge is 2.44. The second-order valence-corrected chi connectivity index (χ2v) is 15.2. The molecule has 1 aromatic heterocycles. The lowest BCUT2D eigenvalue weighted by Crippen LogP contribution is -2.36. The molecule has 2 aliphatic rings. The number of hydrogen-bond acceptors (Lipinski definition) is 6. The van der Waals surface area contributed by atoms with Crippen molar-refractivity contribution >= 4 is 28.6 Å². The molecule has 0 unspecified atom stereocenters. The number of carbonyl (C=O) groups is 1. The van der Waals surface area contributed by atoms with Gasteiger partial charge in [0, 0.05) is 36.2 Å². The summed E-state index contributed by atoms with van der Waals surface area (Å²) in [7, 11) is 3.36. The minimum absolute atomic E-state index is 0.0138. The Balaban J connectivity index is 1.39. The van der Waals surface area contributed by atoms with Crippen LogP contribution in [0.5, 0.6) is 11.5 Å². The molecule has 0 atom stereocenters. The second kappa shape index (κ2) is 18.7. The van der Waals surface area contributed by atoms with E-state index in [4.69, 9.17) is 13.9 Å². The average molecular weight is 712 g/mol. The molecule has 282 valence electrons. The molecule has 7 heteroatoms. The summed E-state index contributed by atoms with van der Waals surface area (Å²) in [4.78, 5) is 16.2. The number of ether oxygens (including phenoxy) is 2. The first-order valence-electron chi connectivity index (χ1n) is 20.1. The van der Waals surface area contributed by atoms with E-state index in [0.29, 0.717) is 11.5 Å². The number of ketones is 1. The van der Waals surface area contributed by atoms with Gasteiger partial charge in [-0.1, -0.05) is 123 Å². The summed E-state index contributed by atoms with van der Waals surface area (Å²) in [6, 6.07) is 12.0. The summed E-state index contributed by atoms with van der Waals surface area (Å²) < 4.78 is 20.0. The van der Waals surface area contributed by atoms with Gasteiger partial charge in [0.25, 0.3) is 5.52 Å². The van der Waals surface area contributed by atoms with Gasteiger partial charge < -0.3 is 23.9 Å². The number of anilines is 1. The zero-order chi connectivity index (χ0) is 37.1. The number of hydrogen-bond donors (Lipinski definition) is 1. The van der Waals surface area contributed by atoms with Crippen molar-refractivity contribution in [2.75, 3.05) is 25.7 Å². The van der Waals surface area contributed by atoms with E-state index in [2.05, 4.69) is 49.3 Å². The molecule has 7 nitrogen and oxygen atoms in total. The standard InChI is InChI=1S/C45H62N2O5/c1-7-9-11-13-15-17-19-23-27-46-37-25-21-22-26-38(37)52-41(46)32-35-43(48)34(44(35)49)31-40-45(3,4)36-29-33(50-5)30-39(51-6)42(36)47(40)28-24-20-18-16-14-12-10-8-2/h21-22,25-26,29-32H,7-20,23-24,27-28H2,1-6H3/p+1. The molecule has 3 aromatic rings. The highest BCUT2D eigenvalue weighted by molar-refractivity contribution is 6.23. The summed E-state index contributed by atoms with van der Waals surface area (Å²) >= 11 is 0. The SMILES string of the molecule is CCCCCCCCCCN1C(=CC2=C(O)C(=Cc3oc4ccccc4[n+]3CCCCCCCCCC)C2=O)C(C)(C)c2cc(OC)cc(OC)c21. The maximum atomic E-state index is 13.9. The third-order valence-corrected chi connectivity index (χ3v) is 11.0. The first-order valence-corrected chi connectivity index (χ1v) is 20.1. The van der Waals surface area contributed by atoms with E-state index in [0.717, 1.165) is 78.3 Å². The van der Waals surface area contributed by atoms with Gasteiger partial charge in [-0.25, -0.2) is 0 Å². The van der Waals surface area contributed by atoms with Crippen LogP contribution >= 0.6 is 0 Å². The zero-order valence-electron chi connectivity index (χ0n) is 32.8. The number of aryl methyl sites for hydroxylation is 1. The molecule has 0 saturated heterocycles. The van der Waals surface area contributed by atoms with Gasteiger partial charge in [-0.15, -0.1) is 0 Å². The number of para-hydroxylation sites is 2. The summed E-state index contributed by atoms with van der Waals surface area (Å²) in [6.07, 6.45) is 23.4. The van der Waals surface area contributed by atoms with Crippen LogP contribution < -0.4 is 18.9 Å². The Kier molecular flexibility index (Phi) is 14.1. The number of rotatable bonds is 22. The molecule has 1 aliphatic heterocycles. The Morgan fingerprint density at radius 2 is 1.42 bits per heavy atom. The van der Waals surface area contributed by atoms with Crippen LogP contribution in [-0.2, 0) is 16.8 Å². The normalized spacial score (nSPS) is 16.7. The van der Waals surface area contributed by atoms with Gasteiger partial charge in [-0.3, -0.25) is 4.79 Å². The smallest absolute Gasteiger partial charge is 0.374 e. The number of nitrogens with zero attached hydrogens (tertiary/aromatic N) is 2. The lowest BCUT2D eigenvalue weighted by molar-refractivity contribution is -0.678. The maximum Gasteiger partial charge on any atom is 0.374 e. The topological polar surface area (TPSA) is 76.0 Å². The molecular weight excluding hydrogens is 649 g/mol. The predicted octanol–water partition coefficient (Wildman–Crippen LogP) is 11.5. The molecule has 2 heterocycles. The summed E-state index contributed by atoms with van der Waals surface area (Å²) in [5, 5.41) is 11.5. The van der Waals surface area contributed by atoms with Gasteiger partial charge in [0.2, 0.25) is 11.4 Å². The molecule has 0 fully saturated rings. The van der Waals surface area contributed by atoms with E-state index in [1.165, 1.54) is 77.0 Å². The number of unbranched alkanes of at least 4 members (excludes halogenated alkanes) is 14. The largest absolute Gasteiger partial charge is 0.506 e. The Morgan fingerprint density at radius 3 is 2.04 bits per heavy atom. The van der Waals surface area contributed by atoms with Crippen LogP contribution in [0.1, 0.15) is 142 Å². The monoisotopic (exact) mass is 711 g/mol. The highest BCUT2D eigenvalue weighted by atomic mass is 16.5. The van der Waals surface area contributed by atoms with Crippen LogP contribution in [0.25, 0.3) is 17.2 Å². The first-order chi connectivity index (χ1) is 25.3. The number of Topliss-reactive ketones (excluding diaryl/α,β-unsaturated/α-hetero) is 1. The zero-order valence-corrected chi connectivity index (χ0v) is 32.8. The number of aromatic nitrogens is 1. The summed E-state index contributed by atoms with van der Waals surface area (Å²) in [5.74, 6) is 1.91. The van der Waals surface area contributed by atoms with Crippen molar-refractivity contribution in [2.24, 2.45) is 0 Å². The molecule has 5 rings (SSSR count). The lowest BCUT2D eigenvalue weighted by atomic mass is 9.80. The van der Waals surface area contributed by atoms with Crippen molar-refractivity contribution in [2.45, 2.75) is 142 Å². The molecule has 1 aliphatic carbocycles. The number of aliphatic hydroxyl groups excluding tert-OH is 1. The van der Waals surface area contributed by atoms with E-state index >= 15 is 0 Å². The predicted molar refractivity (Wildman–Crippen MR) is 212 cm³/mol. The Hall–Kier alpha value is -4.00. The van der Waals surface area contributed by atoms with Crippen LogP contribution in [0, 0.1) is 0 Å². The van der Waals surface area contributed by atoms with Crippen LogP contribution in [0.3, 0.4) is 0 Å². The van der Waals surface area contributed by atoms with Crippen LogP contribution in [0.2, 0.25) is 0 Å². The Bertz CT molecular complexity index is 1760. The Morgan fingerprint density at radius 1 is 0.808 bits per heavy atom. The van der Waals surface area contributed by atoms with E-state index in [-0.39, 0.29) is 17.1 Å². The van der Waals surface area contributed by atoms with Gasteiger partial charge in [-0.05, 0) is 36.6 Å². The third kappa shape index (κ3) is 8.78. The Labute approximate surface area is 312 Å². The minimum Gasteiger partial charge on any atom is -0.506 e. The quantitative estimate of drug-likeness (QED) is 0.0635.